The summed E-state index contributed by atoms with van der Waals surface area (Å²) in [7, 11) is 0. The lowest BCUT2D eigenvalue weighted by molar-refractivity contribution is -0.161. The number of aliphatic hydroxyl groups is 1. The maximum Gasteiger partial charge on any atom is 0.306 e. The Labute approximate surface area is 548 Å². The van der Waals surface area contributed by atoms with E-state index in [4.69, 9.17) is 9.47 Å². The summed E-state index contributed by atoms with van der Waals surface area (Å²) in [4.78, 5) is 24.7. The molecule has 0 heterocycles. The summed E-state index contributed by atoms with van der Waals surface area (Å²) < 4.78 is 10.8. The Bertz CT molecular complexity index is 1630. The lowest BCUT2D eigenvalue weighted by Gasteiger charge is -2.15. The highest BCUT2D eigenvalue weighted by Crippen LogP contribution is 2.19. The fraction of sp³-hybridized carbons (Fsp3) is 0.783. The van der Waals surface area contributed by atoms with Gasteiger partial charge in [-0.2, -0.15) is 0 Å². The number of ether oxygens (including phenoxy) is 2. The third kappa shape index (κ3) is 75.3. The number of rotatable bonds is 72. The van der Waals surface area contributed by atoms with Gasteiger partial charge in [-0.3, -0.25) is 9.59 Å². The van der Waals surface area contributed by atoms with Crippen LogP contribution >= 0.6 is 0 Å². The highest BCUT2D eigenvalue weighted by atomic mass is 16.6. The highest BCUT2D eigenvalue weighted by Gasteiger charge is 2.16. The van der Waals surface area contributed by atoms with E-state index in [-0.39, 0.29) is 25.2 Å². The number of carbonyl (C=O) groups is 2. The Morgan fingerprint density at radius 1 is 0.273 bits per heavy atom. The average molecular weight is 1230 g/mol. The van der Waals surface area contributed by atoms with Crippen molar-refractivity contribution in [1.29, 1.82) is 0 Å². The van der Waals surface area contributed by atoms with Gasteiger partial charge in [0.1, 0.15) is 6.61 Å². The van der Waals surface area contributed by atoms with Gasteiger partial charge >= 0.3 is 11.9 Å². The normalized spacial score (nSPS) is 12.7. The van der Waals surface area contributed by atoms with Gasteiger partial charge in [-0.05, 0) is 96.3 Å². The number of esters is 2. The molecule has 0 aliphatic rings. The molecule has 0 saturated heterocycles. The topological polar surface area (TPSA) is 72.8 Å². The van der Waals surface area contributed by atoms with Gasteiger partial charge in [-0.15, -0.1) is 0 Å². The van der Waals surface area contributed by atoms with Gasteiger partial charge in [0.15, 0.2) is 6.10 Å². The molecule has 0 aromatic carbocycles. The predicted octanol–water partition coefficient (Wildman–Crippen LogP) is 27.3. The lowest BCUT2D eigenvalue weighted by atomic mass is 10.0. The van der Waals surface area contributed by atoms with E-state index in [9.17, 15) is 14.7 Å². The van der Waals surface area contributed by atoms with Crippen LogP contribution in [-0.4, -0.2) is 36.4 Å². The van der Waals surface area contributed by atoms with Crippen molar-refractivity contribution in [2.24, 2.45) is 0 Å². The predicted molar refractivity (Wildman–Crippen MR) is 389 cm³/mol. The molecule has 0 aliphatic carbocycles. The summed E-state index contributed by atoms with van der Waals surface area (Å²) in [5.74, 6) is -0.576. The van der Waals surface area contributed by atoms with Crippen LogP contribution in [0.2, 0.25) is 0 Å². The quantitative estimate of drug-likeness (QED) is 0.0373. The van der Waals surface area contributed by atoms with E-state index < -0.39 is 6.10 Å². The van der Waals surface area contributed by atoms with Crippen LogP contribution in [0.1, 0.15) is 399 Å². The number of aliphatic hydroxyl groups excluding tert-OH is 1. The van der Waals surface area contributed by atoms with Gasteiger partial charge in [0.25, 0.3) is 0 Å². The molecular formula is C83H148O5. The van der Waals surface area contributed by atoms with Crippen molar-refractivity contribution in [2.75, 3.05) is 13.2 Å². The van der Waals surface area contributed by atoms with Crippen molar-refractivity contribution in [3.63, 3.8) is 0 Å². The van der Waals surface area contributed by atoms with Crippen molar-refractivity contribution in [3.8, 4) is 0 Å². The molecular weight excluding hydrogens is 1080 g/mol. The minimum Gasteiger partial charge on any atom is -0.462 e. The molecule has 5 nitrogen and oxygen atoms in total. The molecule has 0 amide bonds. The van der Waals surface area contributed by atoms with Gasteiger partial charge in [0.2, 0.25) is 0 Å². The zero-order valence-corrected chi connectivity index (χ0v) is 58.7. The second-order valence-electron chi connectivity index (χ2n) is 26.1. The number of unbranched alkanes of at least 4 members (excludes halogenated alkanes) is 48. The Morgan fingerprint density at radius 3 is 0.750 bits per heavy atom. The standard InChI is InChI=1S/C83H148O5/c1-3-5-7-9-11-13-15-17-19-21-23-25-27-29-31-33-35-37-39-40-41-42-44-45-47-49-51-53-55-57-59-61-63-65-67-69-71-73-75-77-82(85)87-80-81(79-84)88-83(86)78-76-74-72-70-68-66-64-62-60-58-56-54-52-50-48-46-43-38-36-34-32-30-28-26-24-22-20-18-16-14-12-10-8-6-4-2/h6,8,12,14,18,20-21,23-24,26,30,32,36,38,46,48,81,84H,3-5,7,9-11,13,15-17,19,22,25,27-29,31,33-35,37,39-45,47,49-80H2,1-2H3/b8-6-,14-12-,20-18-,23-21-,26-24-,32-30-,38-36-,48-46-. The molecule has 510 valence electrons. The van der Waals surface area contributed by atoms with E-state index in [2.05, 4.69) is 111 Å². The largest absolute Gasteiger partial charge is 0.462 e. The fourth-order valence-electron chi connectivity index (χ4n) is 11.6. The SMILES string of the molecule is CC/C=C\C/C=C\C/C=C\C/C=C\C/C=C\C/C=C\C/C=C\CCCCCCCCCCCCCCCC(=O)OC(CO)COC(=O)CCCCCCCCCCCCCCCCCCCCCCCCCCCCC/C=C\CCCCCCCCCC. The van der Waals surface area contributed by atoms with Crippen LogP contribution < -0.4 is 0 Å². The Morgan fingerprint density at radius 2 is 0.489 bits per heavy atom. The summed E-state index contributed by atoms with van der Waals surface area (Å²) in [6.07, 6.45) is 112. The van der Waals surface area contributed by atoms with Crippen LogP contribution in [0.15, 0.2) is 97.2 Å². The minimum absolute atomic E-state index is 0.0651. The zero-order valence-electron chi connectivity index (χ0n) is 58.7. The van der Waals surface area contributed by atoms with Gasteiger partial charge in [-0.1, -0.05) is 387 Å². The minimum atomic E-state index is -0.777. The maximum absolute atomic E-state index is 12.4. The van der Waals surface area contributed by atoms with Gasteiger partial charge in [0.05, 0.1) is 6.61 Å². The highest BCUT2D eigenvalue weighted by molar-refractivity contribution is 5.70. The van der Waals surface area contributed by atoms with Crippen LogP contribution in [-0.2, 0) is 19.1 Å². The van der Waals surface area contributed by atoms with Crippen LogP contribution in [0.25, 0.3) is 0 Å². The Kier molecular flexibility index (Phi) is 75.2. The molecule has 5 heteroatoms. The van der Waals surface area contributed by atoms with E-state index >= 15 is 0 Å². The molecule has 0 fully saturated rings. The van der Waals surface area contributed by atoms with E-state index in [1.54, 1.807) is 0 Å². The molecule has 0 aromatic rings. The number of hydrogen-bond donors (Lipinski definition) is 1. The van der Waals surface area contributed by atoms with E-state index in [0.717, 1.165) is 83.5 Å². The van der Waals surface area contributed by atoms with Crippen molar-refractivity contribution in [3.05, 3.63) is 97.2 Å². The molecule has 0 aliphatic heterocycles. The molecule has 0 rings (SSSR count). The monoisotopic (exact) mass is 1230 g/mol. The van der Waals surface area contributed by atoms with Gasteiger partial charge < -0.3 is 14.6 Å². The lowest BCUT2D eigenvalue weighted by Crippen LogP contribution is -2.28. The summed E-state index contributed by atoms with van der Waals surface area (Å²) >= 11 is 0. The smallest absolute Gasteiger partial charge is 0.306 e. The summed E-state index contributed by atoms with van der Waals surface area (Å²) in [6, 6.07) is 0. The molecule has 1 atom stereocenters. The molecule has 88 heavy (non-hydrogen) atoms. The first-order valence-corrected chi connectivity index (χ1v) is 38.8. The molecule has 1 N–H and O–H groups in total. The summed E-state index contributed by atoms with van der Waals surface area (Å²) in [6.45, 7) is 4.07. The maximum atomic E-state index is 12.4. The molecule has 0 radical (unpaired) electrons. The molecule has 1 unspecified atom stereocenters. The van der Waals surface area contributed by atoms with Crippen molar-refractivity contribution >= 4 is 11.9 Å². The first-order valence-electron chi connectivity index (χ1n) is 38.8. The van der Waals surface area contributed by atoms with E-state index in [1.807, 2.05) is 0 Å². The second-order valence-corrected chi connectivity index (χ2v) is 26.1. The molecule has 0 spiro atoms. The molecule has 0 aromatic heterocycles. The third-order valence-electron chi connectivity index (χ3n) is 17.4. The summed E-state index contributed by atoms with van der Waals surface area (Å²) in [5.41, 5.74) is 0. The van der Waals surface area contributed by atoms with Gasteiger partial charge in [-0.25, -0.2) is 0 Å². The van der Waals surface area contributed by atoms with Crippen LogP contribution in [0.4, 0.5) is 0 Å². The number of hydrogen-bond acceptors (Lipinski definition) is 5. The first-order chi connectivity index (χ1) is 43.6. The first kappa shape index (κ1) is 84.8. The van der Waals surface area contributed by atoms with Crippen LogP contribution in [0, 0.1) is 0 Å². The number of allylic oxidation sites excluding steroid dienone is 16. The molecule has 0 saturated carbocycles. The third-order valence-corrected chi connectivity index (χ3v) is 17.4. The Hall–Kier alpha value is -3.18. The van der Waals surface area contributed by atoms with Crippen LogP contribution in [0.3, 0.4) is 0 Å². The van der Waals surface area contributed by atoms with E-state index in [1.165, 1.54) is 289 Å². The zero-order chi connectivity index (χ0) is 63.3. The van der Waals surface area contributed by atoms with Crippen LogP contribution in [0.5, 0.6) is 0 Å². The summed E-state index contributed by atoms with van der Waals surface area (Å²) in [5, 5.41) is 9.72. The second kappa shape index (κ2) is 78.1. The van der Waals surface area contributed by atoms with Crippen molar-refractivity contribution in [2.45, 2.75) is 405 Å². The Balaban J connectivity index is 3.42. The average Bonchev–Trinajstić information content (AvgIpc) is 3.54. The number of carbonyl (C=O) groups excluding carboxylic acids is 2. The molecule has 0 bridgehead atoms. The van der Waals surface area contributed by atoms with Crippen molar-refractivity contribution in [1.82, 2.24) is 0 Å². The van der Waals surface area contributed by atoms with Crippen molar-refractivity contribution < 1.29 is 24.2 Å². The van der Waals surface area contributed by atoms with E-state index in [0.29, 0.717) is 12.8 Å². The van der Waals surface area contributed by atoms with Gasteiger partial charge in [0, 0.05) is 12.8 Å². The fourth-order valence-corrected chi connectivity index (χ4v) is 11.6.